The third-order valence-electron chi connectivity index (χ3n) is 3.99. The number of pyridine rings is 1. The average molecular weight is 351 g/mol. The van der Waals surface area contributed by atoms with E-state index in [0.717, 1.165) is 38.6 Å². The number of fused-ring (bicyclic) bond motifs is 2. The number of hydrogen-bond donors (Lipinski definition) is 0. The van der Waals surface area contributed by atoms with Crippen molar-refractivity contribution in [1.82, 2.24) is 9.38 Å². The fraction of sp³-hybridized carbons (Fsp3) is 0.304. The first-order valence-electron chi connectivity index (χ1n) is 9.30. The van der Waals surface area contributed by atoms with Crippen LogP contribution in [0.1, 0.15) is 51.6 Å². The van der Waals surface area contributed by atoms with Gasteiger partial charge in [0.2, 0.25) is 0 Å². The lowest BCUT2D eigenvalue weighted by atomic mass is 10.0. The summed E-state index contributed by atoms with van der Waals surface area (Å²) in [6.07, 6.45) is 7.43. The van der Waals surface area contributed by atoms with Crippen molar-refractivity contribution >= 4 is 28.6 Å². The van der Waals surface area contributed by atoms with Crippen LogP contribution in [0, 0.1) is 13.8 Å². The molecule has 0 N–H and O–H groups in total. The summed E-state index contributed by atoms with van der Waals surface area (Å²) in [5.41, 5.74) is 3.44. The zero-order chi connectivity index (χ0) is 19.9. The van der Waals surface area contributed by atoms with E-state index in [1.165, 1.54) is 0 Å². The molecule has 0 aliphatic rings. The summed E-state index contributed by atoms with van der Waals surface area (Å²) < 4.78 is 1.70. The molecule has 0 unspecified atom stereocenters. The van der Waals surface area contributed by atoms with E-state index < -0.39 is 0 Å². The van der Waals surface area contributed by atoms with Crippen LogP contribution in [0.5, 0.6) is 0 Å². The normalized spacial score (nSPS) is 11.3. The lowest BCUT2D eigenvalue weighted by Gasteiger charge is -2.05. The van der Waals surface area contributed by atoms with Crippen LogP contribution in [0.15, 0.2) is 41.7 Å². The molecule has 0 saturated heterocycles. The molecule has 3 heteroatoms. The molecule has 0 bridgehead atoms. The molecule has 0 spiro atoms. The molecule has 138 valence electrons. The second kappa shape index (κ2) is 9.71. The van der Waals surface area contributed by atoms with Gasteiger partial charge in [0.15, 0.2) is 0 Å². The summed E-state index contributed by atoms with van der Waals surface area (Å²) in [6, 6.07) is 5.83. The maximum absolute atomic E-state index is 13.0. The lowest BCUT2D eigenvalue weighted by Crippen LogP contribution is -2.22. The Morgan fingerprint density at radius 2 is 1.77 bits per heavy atom. The summed E-state index contributed by atoms with van der Waals surface area (Å²) in [4.78, 5) is 17.6. The minimum absolute atomic E-state index is 0.0244. The lowest BCUT2D eigenvalue weighted by molar-refractivity contribution is 1.11. The van der Waals surface area contributed by atoms with Crippen LogP contribution in [0.3, 0.4) is 0 Å². The van der Waals surface area contributed by atoms with E-state index in [2.05, 4.69) is 11.6 Å². The van der Waals surface area contributed by atoms with Gasteiger partial charge in [0.25, 0.3) is 5.56 Å². The number of aryl methyl sites for hydroxylation is 2. The Bertz CT molecular complexity index is 1040. The second-order valence-corrected chi connectivity index (χ2v) is 5.34. The molecule has 3 nitrogen and oxygen atoms in total. The molecule has 0 aliphatic heterocycles. The number of rotatable bonds is 2. The molecule has 0 radical (unpaired) electrons. The average Bonchev–Trinajstić information content (AvgIpc) is 3.01. The van der Waals surface area contributed by atoms with Gasteiger partial charge in [-0.05, 0) is 38.5 Å². The number of allylic oxidation sites excluding steroid dienone is 2. The van der Waals surface area contributed by atoms with E-state index in [1.54, 1.807) is 10.5 Å². The summed E-state index contributed by atoms with van der Waals surface area (Å²) in [7, 11) is 0. The molecule has 0 atom stereocenters. The third kappa shape index (κ3) is 3.62. The molecule has 2 aromatic heterocycles. The molecule has 0 saturated carbocycles. The maximum Gasteiger partial charge on any atom is 0.264 e. The minimum atomic E-state index is -0.0244. The van der Waals surface area contributed by atoms with Gasteiger partial charge in [-0.15, -0.1) is 0 Å². The molecule has 0 fully saturated rings. The molecule has 1 aromatic carbocycles. The fourth-order valence-electron chi connectivity index (χ4n) is 2.99. The smallest absolute Gasteiger partial charge is 0.264 e. The van der Waals surface area contributed by atoms with Crippen LogP contribution in [-0.4, -0.2) is 9.38 Å². The zero-order valence-electron chi connectivity index (χ0n) is 17.1. The molecule has 0 aliphatic carbocycles. The minimum Gasteiger partial charge on any atom is -0.268 e. The van der Waals surface area contributed by atoms with Gasteiger partial charge >= 0.3 is 0 Å². The van der Waals surface area contributed by atoms with E-state index in [0.29, 0.717) is 0 Å². The standard InChI is InChI=1S/C19H18N2O.2C2H6/c1-5-7-11-16-13(4)20-18-14(6-2)17-12(3)9-8-10-15(17)19(22)21(16)18;2*1-2/h5-11H,1H2,2-4H3;2*1-2H3/b11-7-,14-6+;;. The van der Waals surface area contributed by atoms with Crippen LogP contribution >= 0.6 is 0 Å². The van der Waals surface area contributed by atoms with Crippen LogP contribution < -0.4 is 10.8 Å². The number of nitrogens with zero attached hydrogens (tertiary/aromatic N) is 2. The highest BCUT2D eigenvalue weighted by Gasteiger charge is 2.14. The number of hydrogen-bond acceptors (Lipinski definition) is 2. The van der Waals surface area contributed by atoms with Gasteiger partial charge < -0.3 is 0 Å². The van der Waals surface area contributed by atoms with Crippen LogP contribution in [0.4, 0.5) is 0 Å². The van der Waals surface area contributed by atoms with E-state index in [1.807, 2.05) is 84.9 Å². The van der Waals surface area contributed by atoms with Gasteiger partial charge in [0.05, 0.1) is 11.4 Å². The van der Waals surface area contributed by atoms with Gasteiger partial charge in [-0.2, -0.15) is 0 Å². The highest BCUT2D eigenvalue weighted by Crippen LogP contribution is 2.16. The highest BCUT2D eigenvalue weighted by molar-refractivity contribution is 5.89. The topological polar surface area (TPSA) is 34.4 Å². The van der Waals surface area contributed by atoms with Crippen molar-refractivity contribution in [3.63, 3.8) is 0 Å². The van der Waals surface area contributed by atoms with E-state index >= 15 is 0 Å². The van der Waals surface area contributed by atoms with Crippen molar-refractivity contribution in [2.75, 3.05) is 0 Å². The van der Waals surface area contributed by atoms with Crippen LogP contribution in [-0.2, 0) is 0 Å². The summed E-state index contributed by atoms with van der Waals surface area (Å²) in [5.74, 6) is 0. The predicted octanol–water partition coefficient (Wildman–Crippen LogP) is 5.24. The number of imidazole rings is 1. The molecule has 3 rings (SSSR count). The summed E-state index contributed by atoms with van der Waals surface area (Å²) >= 11 is 0. The predicted molar refractivity (Wildman–Crippen MR) is 116 cm³/mol. The van der Waals surface area contributed by atoms with Crippen molar-refractivity contribution in [3.05, 3.63) is 69.5 Å². The van der Waals surface area contributed by atoms with Crippen molar-refractivity contribution < 1.29 is 0 Å². The number of benzene rings is 1. The first-order chi connectivity index (χ1) is 12.6. The van der Waals surface area contributed by atoms with Crippen molar-refractivity contribution in [2.24, 2.45) is 0 Å². The van der Waals surface area contributed by atoms with Crippen molar-refractivity contribution in [1.29, 1.82) is 0 Å². The second-order valence-electron chi connectivity index (χ2n) is 5.34. The van der Waals surface area contributed by atoms with Gasteiger partial charge in [-0.25, -0.2) is 4.98 Å². The first-order valence-corrected chi connectivity index (χ1v) is 9.30. The van der Waals surface area contributed by atoms with Crippen molar-refractivity contribution in [2.45, 2.75) is 48.5 Å². The molecule has 2 heterocycles. The monoisotopic (exact) mass is 350 g/mol. The Kier molecular flexibility index (Phi) is 7.98. The maximum atomic E-state index is 13.0. The van der Waals surface area contributed by atoms with Gasteiger partial charge in [0.1, 0.15) is 5.65 Å². The largest absolute Gasteiger partial charge is 0.268 e. The zero-order valence-corrected chi connectivity index (χ0v) is 17.1. The number of aromatic nitrogens is 2. The Balaban J connectivity index is 0.000000791. The van der Waals surface area contributed by atoms with Crippen molar-refractivity contribution in [3.8, 4) is 0 Å². The Hall–Kier alpha value is -2.68. The molecule has 26 heavy (non-hydrogen) atoms. The third-order valence-corrected chi connectivity index (χ3v) is 3.99. The van der Waals surface area contributed by atoms with Crippen LogP contribution in [0.2, 0.25) is 0 Å². The summed E-state index contributed by atoms with van der Waals surface area (Å²) in [5, 5.41) is 2.73. The van der Waals surface area contributed by atoms with E-state index in [9.17, 15) is 4.79 Å². The summed E-state index contributed by atoms with van der Waals surface area (Å²) in [6.45, 7) is 17.6. The highest BCUT2D eigenvalue weighted by atomic mass is 16.1. The molecule has 3 aromatic rings. The Morgan fingerprint density at radius 3 is 2.35 bits per heavy atom. The van der Waals surface area contributed by atoms with Gasteiger partial charge in [-0.1, -0.05) is 64.6 Å². The molecule has 0 amide bonds. The Labute approximate surface area is 156 Å². The first kappa shape index (κ1) is 21.4. The quantitative estimate of drug-likeness (QED) is 0.593. The van der Waals surface area contributed by atoms with E-state index in [4.69, 9.17) is 0 Å². The molecular weight excluding hydrogens is 320 g/mol. The van der Waals surface area contributed by atoms with Gasteiger partial charge in [-0.3, -0.25) is 9.20 Å². The van der Waals surface area contributed by atoms with Gasteiger partial charge in [0, 0.05) is 16.0 Å². The fourth-order valence-corrected chi connectivity index (χ4v) is 2.99. The molecular formula is C23H30N2O. The van der Waals surface area contributed by atoms with E-state index in [-0.39, 0.29) is 5.56 Å². The van der Waals surface area contributed by atoms with Crippen LogP contribution in [0.25, 0.3) is 28.6 Å². The SMILES string of the molecule is C=C/C=C\c1c(C)nc2/c(=C/C)c3c(C)cccc3c(=O)n12.CC.CC. The Morgan fingerprint density at radius 1 is 1.12 bits per heavy atom.